The molecular formula is C17H19ClFN5O2. The quantitative estimate of drug-likeness (QED) is 0.853. The summed E-state index contributed by atoms with van der Waals surface area (Å²) in [5.41, 5.74) is 1.93. The highest BCUT2D eigenvalue weighted by Gasteiger charge is 2.15. The zero-order chi connectivity index (χ0) is 18.5. The molecule has 0 radical (unpaired) electrons. The first-order valence-corrected chi connectivity index (χ1v) is 8.56. The van der Waals surface area contributed by atoms with Crippen molar-refractivity contribution in [3.05, 3.63) is 46.5 Å². The standard InChI is InChI=1S/C17H19ClFN5O2/c1-11-8-13(22-16(21-11)24-4-6-26-7-5-24)10-20-17(25)23-12-2-3-15(19)14(18)9-12/h2-3,8-9H,4-7,10H2,1H3,(H2,20,23,25). The number of amides is 2. The van der Waals surface area contributed by atoms with Crippen molar-refractivity contribution in [2.24, 2.45) is 0 Å². The van der Waals surface area contributed by atoms with Crippen LogP contribution in [0.4, 0.5) is 20.8 Å². The lowest BCUT2D eigenvalue weighted by Gasteiger charge is -2.27. The van der Waals surface area contributed by atoms with Gasteiger partial charge in [-0.1, -0.05) is 11.6 Å². The molecule has 0 unspecified atom stereocenters. The lowest BCUT2D eigenvalue weighted by Crippen LogP contribution is -2.37. The number of benzene rings is 1. The van der Waals surface area contributed by atoms with Crippen LogP contribution in [0.3, 0.4) is 0 Å². The Hall–Kier alpha value is -2.45. The number of rotatable bonds is 4. The molecule has 2 N–H and O–H groups in total. The van der Waals surface area contributed by atoms with Gasteiger partial charge in [-0.2, -0.15) is 0 Å². The van der Waals surface area contributed by atoms with E-state index in [1.807, 2.05) is 13.0 Å². The predicted octanol–water partition coefficient (Wildman–Crippen LogP) is 2.74. The van der Waals surface area contributed by atoms with E-state index >= 15 is 0 Å². The van der Waals surface area contributed by atoms with Crippen molar-refractivity contribution in [3.8, 4) is 0 Å². The minimum absolute atomic E-state index is 0.0515. The number of morpholine rings is 1. The highest BCUT2D eigenvalue weighted by atomic mass is 35.5. The summed E-state index contributed by atoms with van der Waals surface area (Å²) in [7, 11) is 0. The van der Waals surface area contributed by atoms with Crippen LogP contribution < -0.4 is 15.5 Å². The van der Waals surface area contributed by atoms with Gasteiger partial charge in [-0.3, -0.25) is 0 Å². The largest absolute Gasteiger partial charge is 0.378 e. The summed E-state index contributed by atoms with van der Waals surface area (Å²) in [5.74, 6) is 0.0977. The number of nitrogens with one attached hydrogen (secondary N) is 2. The second kappa shape index (κ2) is 8.29. The molecule has 1 fully saturated rings. The average molecular weight is 380 g/mol. The van der Waals surface area contributed by atoms with Gasteiger partial charge >= 0.3 is 6.03 Å². The summed E-state index contributed by atoms with van der Waals surface area (Å²) < 4.78 is 18.5. The van der Waals surface area contributed by atoms with E-state index in [0.717, 1.165) is 18.8 Å². The summed E-state index contributed by atoms with van der Waals surface area (Å²) in [4.78, 5) is 23.0. The number of halogens is 2. The van der Waals surface area contributed by atoms with Crippen LogP contribution >= 0.6 is 11.6 Å². The second-order valence-corrected chi connectivity index (χ2v) is 6.24. The summed E-state index contributed by atoms with van der Waals surface area (Å²) in [6.07, 6.45) is 0. The van der Waals surface area contributed by atoms with E-state index in [4.69, 9.17) is 16.3 Å². The number of aromatic nitrogens is 2. The van der Waals surface area contributed by atoms with Gasteiger partial charge in [0.05, 0.1) is 30.5 Å². The van der Waals surface area contributed by atoms with Gasteiger partial charge < -0.3 is 20.3 Å². The van der Waals surface area contributed by atoms with Crippen molar-refractivity contribution < 1.29 is 13.9 Å². The fourth-order valence-electron chi connectivity index (χ4n) is 2.53. The third-order valence-electron chi connectivity index (χ3n) is 3.80. The number of hydrogen-bond donors (Lipinski definition) is 2. The molecule has 0 bridgehead atoms. The van der Waals surface area contributed by atoms with E-state index in [0.29, 0.717) is 30.5 Å². The van der Waals surface area contributed by atoms with Gasteiger partial charge in [0.25, 0.3) is 0 Å². The topological polar surface area (TPSA) is 79.4 Å². The van der Waals surface area contributed by atoms with Gasteiger partial charge in [0, 0.05) is 24.5 Å². The Bertz CT molecular complexity index is 799. The number of hydrogen-bond acceptors (Lipinski definition) is 5. The molecular weight excluding hydrogens is 361 g/mol. The first kappa shape index (κ1) is 18.3. The van der Waals surface area contributed by atoms with Gasteiger partial charge in [-0.25, -0.2) is 19.2 Å². The van der Waals surface area contributed by atoms with Crippen LogP contribution in [0.25, 0.3) is 0 Å². The molecule has 7 nitrogen and oxygen atoms in total. The third-order valence-corrected chi connectivity index (χ3v) is 4.09. The van der Waals surface area contributed by atoms with Gasteiger partial charge in [-0.15, -0.1) is 0 Å². The Morgan fingerprint density at radius 1 is 1.31 bits per heavy atom. The van der Waals surface area contributed by atoms with E-state index < -0.39 is 11.8 Å². The van der Waals surface area contributed by atoms with Gasteiger partial charge in [0.1, 0.15) is 5.82 Å². The molecule has 1 aliphatic heterocycles. The molecule has 9 heteroatoms. The van der Waals surface area contributed by atoms with Crippen LogP contribution in [0.15, 0.2) is 24.3 Å². The van der Waals surface area contributed by atoms with E-state index in [2.05, 4.69) is 25.5 Å². The maximum absolute atomic E-state index is 13.1. The monoisotopic (exact) mass is 379 g/mol. The van der Waals surface area contributed by atoms with Crippen molar-refractivity contribution in [1.29, 1.82) is 0 Å². The van der Waals surface area contributed by atoms with Crippen molar-refractivity contribution in [2.45, 2.75) is 13.5 Å². The normalized spacial score (nSPS) is 14.2. The van der Waals surface area contributed by atoms with Crippen molar-refractivity contribution in [1.82, 2.24) is 15.3 Å². The number of carbonyl (C=O) groups is 1. The maximum atomic E-state index is 13.1. The zero-order valence-electron chi connectivity index (χ0n) is 14.3. The smallest absolute Gasteiger partial charge is 0.319 e. The highest BCUT2D eigenvalue weighted by molar-refractivity contribution is 6.31. The van der Waals surface area contributed by atoms with E-state index in [1.165, 1.54) is 18.2 Å². The molecule has 0 saturated carbocycles. The van der Waals surface area contributed by atoms with Crippen LogP contribution in [-0.4, -0.2) is 42.3 Å². The van der Waals surface area contributed by atoms with E-state index in [-0.39, 0.29) is 11.6 Å². The molecule has 2 amide bonds. The number of anilines is 2. The SMILES string of the molecule is Cc1cc(CNC(=O)Nc2ccc(F)c(Cl)c2)nc(N2CCOCC2)n1. The Kier molecular flexibility index (Phi) is 5.85. The van der Waals surface area contributed by atoms with E-state index in [1.54, 1.807) is 0 Å². The van der Waals surface area contributed by atoms with Crippen LogP contribution in [0.5, 0.6) is 0 Å². The molecule has 1 saturated heterocycles. The number of urea groups is 1. The summed E-state index contributed by atoms with van der Waals surface area (Å²) in [6, 6.07) is 5.37. The van der Waals surface area contributed by atoms with Gasteiger partial charge in [-0.05, 0) is 31.2 Å². The third kappa shape index (κ3) is 4.80. The molecule has 0 atom stereocenters. The van der Waals surface area contributed by atoms with Gasteiger partial charge in [0.2, 0.25) is 5.95 Å². The first-order valence-electron chi connectivity index (χ1n) is 8.18. The van der Waals surface area contributed by atoms with Crippen LogP contribution in [0, 0.1) is 12.7 Å². The molecule has 3 rings (SSSR count). The number of aryl methyl sites for hydroxylation is 1. The minimum atomic E-state index is -0.537. The molecule has 26 heavy (non-hydrogen) atoms. The van der Waals surface area contributed by atoms with Crippen LogP contribution in [0.2, 0.25) is 5.02 Å². The molecule has 1 aromatic carbocycles. The molecule has 0 aliphatic carbocycles. The lowest BCUT2D eigenvalue weighted by molar-refractivity contribution is 0.122. The van der Waals surface area contributed by atoms with Crippen molar-refractivity contribution >= 4 is 29.3 Å². The second-order valence-electron chi connectivity index (χ2n) is 5.84. The molecule has 2 heterocycles. The highest BCUT2D eigenvalue weighted by Crippen LogP contribution is 2.19. The lowest BCUT2D eigenvalue weighted by atomic mass is 10.3. The number of ether oxygens (including phenoxy) is 1. The average Bonchev–Trinajstić information content (AvgIpc) is 2.63. The fourth-order valence-corrected chi connectivity index (χ4v) is 2.71. The fraction of sp³-hybridized carbons (Fsp3) is 0.353. The van der Waals surface area contributed by atoms with Crippen molar-refractivity contribution in [2.75, 3.05) is 36.5 Å². The maximum Gasteiger partial charge on any atom is 0.319 e. The summed E-state index contributed by atoms with van der Waals surface area (Å²) >= 11 is 5.70. The van der Waals surface area contributed by atoms with Crippen molar-refractivity contribution in [3.63, 3.8) is 0 Å². The summed E-state index contributed by atoms with van der Waals surface area (Å²) in [6.45, 7) is 4.89. The molecule has 1 aromatic heterocycles. The first-order chi connectivity index (χ1) is 12.5. The Morgan fingerprint density at radius 3 is 2.81 bits per heavy atom. The van der Waals surface area contributed by atoms with Crippen LogP contribution in [-0.2, 0) is 11.3 Å². The van der Waals surface area contributed by atoms with E-state index in [9.17, 15) is 9.18 Å². The Labute approximate surface area is 155 Å². The minimum Gasteiger partial charge on any atom is -0.378 e. The predicted molar refractivity (Wildman–Crippen MR) is 97.1 cm³/mol. The zero-order valence-corrected chi connectivity index (χ0v) is 15.0. The molecule has 1 aliphatic rings. The molecule has 0 spiro atoms. The van der Waals surface area contributed by atoms with Gasteiger partial charge in [0.15, 0.2) is 0 Å². The Balaban J connectivity index is 1.60. The molecule has 2 aromatic rings. The molecule has 138 valence electrons. The number of nitrogens with zero attached hydrogens (tertiary/aromatic N) is 3. The Morgan fingerprint density at radius 2 is 2.08 bits per heavy atom. The summed E-state index contributed by atoms with van der Waals surface area (Å²) in [5, 5.41) is 5.27. The number of carbonyl (C=O) groups excluding carboxylic acids is 1. The van der Waals surface area contributed by atoms with Crippen LogP contribution in [0.1, 0.15) is 11.4 Å².